The SMILES string of the molecule is C1CCOC1.COP(C)(=O)OC.COP(C)(=O)OC.Fc1ccccc1.[K+].c1ccc(P(c2ccccc2)c2ccccc2)cc1.c1ccc([P-]C2CCCO2)cc1. The van der Waals surface area contributed by atoms with Gasteiger partial charge >= 0.3 is 66.6 Å². The predicted molar refractivity (Wildman–Crippen MR) is 239 cm³/mol. The van der Waals surface area contributed by atoms with Crippen molar-refractivity contribution in [2.75, 3.05) is 61.6 Å². The van der Waals surface area contributed by atoms with Crippen molar-refractivity contribution in [2.24, 2.45) is 0 Å². The van der Waals surface area contributed by atoms with Crippen molar-refractivity contribution in [3.63, 3.8) is 0 Å². The summed E-state index contributed by atoms with van der Waals surface area (Å²) >= 11 is 0. The van der Waals surface area contributed by atoms with Gasteiger partial charge in [0.2, 0.25) is 0 Å². The molecule has 0 saturated carbocycles. The Morgan fingerprint density at radius 1 is 0.552 bits per heavy atom. The largest absolute Gasteiger partial charge is 1.00 e. The molecule has 0 radical (unpaired) electrons. The molecule has 58 heavy (non-hydrogen) atoms. The summed E-state index contributed by atoms with van der Waals surface area (Å²) in [5.41, 5.74) is 0. The van der Waals surface area contributed by atoms with Gasteiger partial charge < -0.3 is 36.1 Å². The van der Waals surface area contributed by atoms with Crippen LogP contribution in [-0.4, -0.2) is 67.4 Å². The van der Waals surface area contributed by atoms with Crippen molar-refractivity contribution < 1.29 is 92.5 Å². The van der Waals surface area contributed by atoms with Crippen LogP contribution in [0, 0.1) is 5.82 Å². The summed E-state index contributed by atoms with van der Waals surface area (Å²) in [7, 11) is 0.984. The Kier molecular flexibility index (Phi) is 31.5. The van der Waals surface area contributed by atoms with Crippen LogP contribution >= 0.6 is 31.7 Å². The summed E-state index contributed by atoms with van der Waals surface area (Å²) in [6, 6.07) is 50.8. The van der Waals surface area contributed by atoms with Gasteiger partial charge in [0.25, 0.3) is 0 Å². The first-order valence-electron chi connectivity index (χ1n) is 18.5. The fourth-order valence-electron chi connectivity index (χ4n) is 4.60. The standard InChI is InChI=1S/C18H15P.C10H12OP.C6H5F.C4H8O.2C3H9O3P.K/c1-4-10-16(11-5-1)19(17-12-6-2-7-13-17)18-14-8-3-9-15-18;1-2-5-9(6-3-1)12-10-7-4-8-11-10;7-6-4-2-1-3-5-6;1-2-4-5-3-1;2*1-5-7(3,4)6-2;/h1-15H;1-3,5-6,10H,4,7-8H2;1-5H;1-4H2;2*1-3H3;/q;-1;;;;;+1. The average Bonchev–Trinajstić information content (AvgIpc) is 4.03. The molecule has 7 rings (SSSR count). The first kappa shape index (κ1) is 54.8. The van der Waals surface area contributed by atoms with E-state index in [0.29, 0.717) is 5.85 Å². The van der Waals surface area contributed by atoms with Crippen LogP contribution in [0.2, 0.25) is 0 Å². The summed E-state index contributed by atoms with van der Waals surface area (Å²) in [6.07, 6.45) is 5.00. The molecule has 5 aromatic rings. The van der Waals surface area contributed by atoms with Gasteiger partial charge in [-0.05, 0) is 55.2 Å². The molecular weight excluding hydrogens is 838 g/mol. The molecule has 14 heteroatoms. The average molecular weight is 897 g/mol. The van der Waals surface area contributed by atoms with Crippen molar-refractivity contribution in [3.8, 4) is 0 Å². The zero-order valence-corrected chi connectivity index (χ0v) is 41.6. The molecule has 310 valence electrons. The molecule has 0 spiro atoms. The molecule has 2 saturated heterocycles. The van der Waals surface area contributed by atoms with E-state index in [1.54, 1.807) is 18.2 Å². The maximum Gasteiger partial charge on any atom is 1.00 e. The molecule has 0 aliphatic carbocycles. The maximum atomic E-state index is 11.9. The fourth-order valence-corrected chi connectivity index (χ4v) is 8.37. The molecule has 1 unspecified atom stereocenters. The Morgan fingerprint density at radius 3 is 1.14 bits per heavy atom. The summed E-state index contributed by atoms with van der Waals surface area (Å²) in [6.45, 7) is 5.77. The van der Waals surface area contributed by atoms with Crippen molar-refractivity contribution >= 4 is 52.9 Å². The van der Waals surface area contributed by atoms with Crippen LogP contribution in [0.1, 0.15) is 25.7 Å². The second kappa shape index (κ2) is 33.4. The van der Waals surface area contributed by atoms with E-state index in [2.05, 4.69) is 139 Å². The topological polar surface area (TPSA) is 89.5 Å². The number of hydrogen-bond donors (Lipinski definition) is 0. The second-order valence-corrected chi connectivity index (χ2v) is 20.3. The first-order valence-corrected chi connectivity index (χ1v) is 24.8. The van der Waals surface area contributed by atoms with E-state index in [1.807, 2.05) is 0 Å². The Bertz CT molecular complexity index is 1650. The third-order valence-corrected chi connectivity index (χ3v) is 14.3. The van der Waals surface area contributed by atoms with E-state index >= 15 is 0 Å². The van der Waals surface area contributed by atoms with E-state index in [4.69, 9.17) is 9.47 Å². The number of halogens is 1. The molecule has 0 bridgehead atoms. The van der Waals surface area contributed by atoms with Crippen LogP contribution in [0.15, 0.2) is 152 Å². The van der Waals surface area contributed by atoms with Crippen LogP contribution in [-0.2, 0) is 36.7 Å². The molecule has 2 heterocycles. The fraction of sp³-hybridized carbons (Fsp3) is 0.318. The van der Waals surface area contributed by atoms with Gasteiger partial charge in [0, 0.05) is 61.6 Å². The third-order valence-electron chi connectivity index (χ3n) is 7.89. The number of benzene rings is 5. The van der Waals surface area contributed by atoms with Gasteiger partial charge in [-0.1, -0.05) is 152 Å². The Labute approximate surface area is 392 Å². The summed E-state index contributed by atoms with van der Waals surface area (Å²) in [5.74, 6) is 0.273. The molecule has 5 aromatic carbocycles. The Balaban J connectivity index is 0.000000374. The first-order chi connectivity index (χ1) is 27.5. The van der Waals surface area contributed by atoms with Crippen molar-refractivity contribution in [3.05, 3.63) is 157 Å². The monoisotopic (exact) mass is 896 g/mol. The molecule has 2 aliphatic rings. The summed E-state index contributed by atoms with van der Waals surface area (Å²) in [4.78, 5) is 0. The Morgan fingerprint density at radius 2 is 0.897 bits per heavy atom. The van der Waals surface area contributed by atoms with Gasteiger partial charge in [-0.25, -0.2) is 9.69 Å². The second-order valence-electron chi connectivity index (χ2n) is 12.2. The smallest absolute Gasteiger partial charge is 0.474 e. The maximum absolute atomic E-state index is 11.9. The molecule has 1 atom stereocenters. The van der Waals surface area contributed by atoms with Gasteiger partial charge in [-0.3, -0.25) is 9.13 Å². The van der Waals surface area contributed by atoms with Gasteiger partial charge in [0.15, 0.2) is 0 Å². The predicted octanol–water partition coefficient (Wildman–Crippen LogP) is 7.67. The van der Waals surface area contributed by atoms with E-state index in [1.165, 1.54) is 109 Å². The van der Waals surface area contributed by atoms with Crippen LogP contribution in [0.5, 0.6) is 0 Å². The zero-order chi connectivity index (χ0) is 41.6. The third kappa shape index (κ3) is 25.5. The normalized spacial score (nSPS) is 14.4. The van der Waals surface area contributed by atoms with Gasteiger partial charge in [0.05, 0.1) is 0 Å². The molecule has 2 fully saturated rings. The minimum atomic E-state index is -2.65. The van der Waals surface area contributed by atoms with Crippen LogP contribution in [0.4, 0.5) is 4.39 Å². The van der Waals surface area contributed by atoms with Crippen LogP contribution in [0.3, 0.4) is 0 Å². The Hall–Kier alpha value is -1.25. The molecule has 8 nitrogen and oxygen atoms in total. The van der Waals surface area contributed by atoms with Crippen molar-refractivity contribution in [1.29, 1.82) is 0 Å². The van der Waals surface area contributed by atoms with E-state index < -0.39 is 23.1 Å². The van der Waals surface area contributed by atoms with Crippen molar-refractivity contribution in [1.82, 2.24) is 0 Å². The number of ether oxygens (including phenoxy) is 2. The van der Waals surface area contributed by atoms with Crippen molar-refractivity contribution in [2.45, 2.75) is 31.5 Å². The zero-order valence-electron chi connectivity index (χ0n) is 34.9. The molecule has 2 aliphatic heterocycles. The molecule has 0 N–H and O–H groups in total. The van der Waals surface area contributed by atoms with E-state index in [0.717, 1.165) is 19.8 Å². The number of hydrogen-bond acceptors (Lipinski definition) is 8. The van der Waals surface area contributed by atoms with Gasteiger partial charge in [-0.2, -0.15) is 0 Å². The van der Waals surface area contributed by atoms with Gasteiger partial charge in [0.1, 0.15) is 5.82 Å². The molecular formula is C44H58FKO8P4. The van der Waals surface area contributed by atoms with E-state index in [-0.39, 0.29) is 57.2 Å². The quantitative estimate of drug-likeness (QED) is 0.110. The minimum Gasteiger partial charge on any atom is -0.474 e. The van der Waals surface area contributed by atoms with Gasteiger partial charge in [-0.15, -0.1) is 0 Å². The van der Waals surface area contributed by atoms with Crippen LogP contribution < -0.4 is 72.6 Å². The minimum absolute atomic E-state index is 0. The van der Waals surface area contributed by atoms with E-state index in [9.17, 15) is 13.5 Å². The summed E-state index contributed by atoms with van der Waals surface area (Å²) < 4.78 is 61.1. The number of rotatable bonds is 9. The molecule has 0 aromatic heterocycles. The summed E-state index contributed by atoms with van der Waals surface area (Å²) in [5, 5.41) is 5.56. The molecule has 0 amide bonds. The van der Waals surface area contributed by atoms with Crippen LogP contribution in [0.25, 0.3) is 0 Å².